The number of carbonyl (C=O) groups excluding carboxylic acids is 1. The molecule has 1 atom stereocenters. The monoisotopic (exact) mass is 427 g/mol. The first-order chi connectivity index (χ1) is 14.3. The van der Waals surface area contributed by atoms with Crippen molar-refractivity contribution in [2.75, 3.05) is 36.4 Å². The molecule has 1 saturated heterocycles. The highest BCUT2D eigenvalue weighted by atomic mass is 35.5. The number of benzene rings is 2. The number of rotatable bonds is 4. The van der Waals surface area contributed by atoms with Crippen LogP contribution in [0.1, 0.15) is 12.5 Å². The number of aromatic amines is 1. The number of anilines is 2. The van der Waals surface area contributed by atoms with Gasteiger partial charge in [-0.3, -0.25) is 14.3 Å². The molecule has 0 spiro atoms. The van der Waals surface area contributed by atoms with Crippen LogP contribution in [0.4, 0.5) is 11.4 Å². The molecule has 1 aliphatic heterocycles. The van der Waals surface area contributed by atoms with E-state index in [4.69, 9.17) is 11.6 Å². The molecule has 1 amide bonds. The van der Waals surface area contributed by atoms with Gasteiger partial charge in [0.2, 0.25) is 5.91 Å². The summed E-state index contributed by atoms with van der Waals surface area (Å²) in [6.45, 7) is 7.00. The Morgan fingerprint density at radius 1 is 1.23 bits per heavy atom. The van der Waals surface area contributed by atoms with Gasteiger partial charge >= 0.3 is 5.69 Å². The summed E-state index contributed by atoms with van der Waals surface area (Å²) in [5.41, 5.74) is 4.26. The summed E-state index contributed by atoms with van der Waals surface area (Å²) in [5, 5.41) is 3.73. The number of nitrogens with one attached hydrogen (secondary N) is 2. The second-order valence-corrected chi connectivity index (χ2v) is 8.38. The molecule has 158 valence electrons. The van der Waals surface area contributed by atoms with Crippen LogP contribution in [0.5, 0.6) is 0 Å². The number of hydrogen-bond donors (Lipinski definition) is 2. The van der Waals surface area contributed by atoms with Gasteiger partial charge in [0.05, 0.1) is 17.6 Å². The molecule has 3 aromatic rings. The fourth-order valence-electron chi connectivity index (χ4n) is 3.98. The second-order valence-electron chi connectivity index (χ2n) is 7.97. The minimum Gasteiger partial charge on any atom is -0.369 e. The zero-order valence-corrected chi connectivity index (χ0v) is 18.2. The molecule has 2 heterocycles. The highest BCUT2D eigenvalue weighted by Crippen LogP contribution is 2.25. The van der Waals surface area contributed by atoms with Crippen LogP contribution in [0.15, 0.2) is 41.2 Å². The van der Waals surface area contributed by atoms with Crippen LogP contribution >= 0.6 is 11.6 Å². The van der Waals surface area contributed by atoms with Crippen LogP contribution in [-0.4, -0.2) is 52.6 Å². The number of hydrogen-bond acceptors (Lipinski definition) is 4. The Kier molecular flexibility index (Phi) is 5.58. The Hall–Kier alpha value is -2.77. The Bertz CT molecular complexity index is 1150. The number of piperazine rings is 1. The first-order valence-corrected chi connectivity index (χ1v) is 10.4. The van der Waals surface area contributed by atoms with Gasteiger partial charge in [-0.25, -0.2) is 4.79 Å². The van der Waals surface area contributed by atoms with Crippen molar-refractivity contribution in [3.63, 3.8) is 0 Å². The zero-order valence-electron chi connectivity index (χ0n) is 17.4. The molecular weight excluding hydrogens is 402 g/mol. The third kappa shape index (κ3) is 4.08. The highest BCUT2D eigenvalue weighted by Gasteiger charge is 2.25. The molecule has 2 N–H and O–H groups in total. The average Bonchev–Trinajstić information content (AvgIpc) is 2.99. The molecule has 0 saturated carbocycles. The number of aromatic nitrogens is 2. The number of H-pyrrole nitrogens is 1. The van der Waals surface area contributed by atoms with Crippen molar-refractivity contribution in [2.24, 2.45) is 7.05 Å². The molecule has 0 aliphatic carbocycles. The molecule has 0 bridgehead atoms. The van der Waals surface area contributed by atoms with Gasteiger partial charge in [-0.2, -0.15) is 0 Å². The van der Waals surface area contributed by atoms with E-state index in [0.717, 1.165) is 41.3 Å². The maximum atomic E-state index is 12.6. The third-order valence-electron chi connectivity index (χ3n) is 5.81. The van der Waals surface area contributed by atoms with E-state index in [1.807, 2.05) is 25.1 Å². The minimum absolute atomic E-state index is 0.0578. The average molecular weight is 428 g/mol. The van der Waals surface area contributed by atoms with Gasteiger partial charge in [0.1, 0.15) is 0 Å². The predicted octanol–water partition coefficient (Wildman–Crippen LogP) is 2.98. The summed E-state index contributed by atoms with van der Waals surface area (Å²) in [7, 11) is 1.70. The molecule has 8 heteroatoms. The van der Waals surface area contributed by atoms with E-state index in [9.17, 15) is 9.59 Å². The van der Waals surface area contributed by atoms with Gasteiger partial charge in [-0.1, -0.05) is 11.6 Å². The van der Waals surface area contributed by atoms with Crippen LogP contribution in [0.2, 0.25) is 5.02 Å². The fourth-order valence-corrected chi connectivity index (χ4v) is 4.09. The topological polar surface area (TPSA) is 73.4 Å². The second kappa shape index (κ2) is 8.16. The maximum absolute atomic E-state index is 12.6. The lowest BCUT2D eigenvalue weighted by Crippen LogP contribution is -2.53. The Labute approximate surface area is 180 Å². The lowest BCUT2D eigenvalue weighted by molar-refractivity contribution is -0.117. The van der Waals surface area contributed by atoms with Crippen molar-refractivity contribution in [1.29, 1.82) is 0 Å². The summed E-state index contributed by atoms with van der Waals surface area (Å²) >= 11 is 6.15. The quantitative estimate of drug-likeness (QED) is 0.671. The van der Waals surface area contributed by atoms with Gasteiger partial charge in [0.25, 0.3) is 0 Å². The number of halogens is 1. The molecule has 0 unspecified atom stereocenters. The van der Waals surface area contributed by atoms with E-state index < -0.39 is 0 Å². The van der Waals surface area contributed by atoms with Gasteiger partial charge in [0.15, 0.2) is 0 Å². The standard InChI is InChI=1S/C22H26ClN5O2/c1-14-10-17(5-6-18(14)23)28-9-8-27(15(2)12-28)13-21(29)24-16-4-7-19-20(11-16)26(3)22(30)25-19/h4-7,10-11,15H,8-9,12-13H2,1-3H3,(H,24,29)(H,25,30)/t15-/m1/s1. The first kappa shape index (κ1) is 20.5. The van der Waals surface area contributed by atoms with Crippen molar-refractivity contribution in [2.45, 2.75) is 19.9 Å². The van der Waals surface area contributed by atoms with Gasteiger partial charge in [-0.15, -0.1) is 0 Å². The lowest BCUT2D eigenvalue weighted by atomic mass is 10.1. The SMILES string of the molecule is Cc1cc(N2CCN(CC(=O)Nc3ccc4[nH]c(=O)n(C)c4c3)[C@H](C)C2)ccc1Cl. The number of amides is 1. The largest absolute Gasteiger partial charge is 0.369 e. The number of aryl methyl sites for hydroxylation is 2. The normalized spacial score (nSPS) is 17.5. The minimum atomic E-state index is -0.170. The lowest BCUT2D eigenvalue weighted by Gasteiger charge is -2.40. The van der Waals surface area contributed by atoms with Crippen LogP contribution in [0.3, 0.4) is 0 Å². The van der Waals surface area contributed by atoms with E-state index >= 15 is 0 Å². The smallest absolute Gasteiger partial charge is 0.326 e. The van der Waals surface area contributed by atoms with Crippen molar-refractivity contribution < 1.29 is 4.79 Å². The van der Waals surface area contributed by atoms with E-state index in [1.165, 1.54) is 10.3 Å². The number of imidazole rings is 1. The maximum Gasteiger partial charge on any atom is 0.326 e. The molecule has 7 nitrogen and oxygen atoms in total. The predicted molar refractivity (Wildman–Crippen MR) is 122 cm³/mol. The molecule has 1 fully saturated rings. The van der Waals surface area contributed by atoms with Gasteiger partial charge in [-0.05, 0) is 55.8 Å². The Morgan fingerprint density at radius 3 is 2.77 bits per heavy atom. The molecular formula is C22H26ClN5O2. The summed E-state index contributed by atoms with van der Waals surface area (Å²) in [4.78, 5) is 31.7. The van der Waals surface area contributed by atoms with E-state index in [1.54, 1.807) is 13.1 Å². The fraction of sp³-hybridized carbons (Fsp3) is 0.364. The van der Waals surface area contributed by atoms with Crippen LogP contribution in [0.25, 0.3) is 11.0 Å². The summed E-state index contributed by atoms with van der Waals surface area (Å²) in [6, 6.07) is 11.8. The van der Waals surface area contributed by atoms with Crippen molar-refractivity contribution >= 4 is 39.9 Å². The molecule has 4 rings (SSSR count). The molecule has 1 aromatic heterocycles. The number of nitrogens with zero attached hydrogens (tertiary/aromatic N) is 3. The van der Waals surface area contributed by atoms with E-state index in [0.29, 0.717) is 12.2 Å². The Balaban J connectivity index is 1.37. The molecule has 0 radical (unpaired) electrons. The van der Waals surface area contributed by atoms with Crippen LogP contribution in [0, 0.1) is 6.92 Å². The van der Waals surface area contributed by atoms with Crippen LogP contribution in [-0.2, 0) is 11.8 Å². The summed E-state index contributed by atoms with van der Waals surface area (Å²) in [6.07, 6.45) is 0. The Morgan fingerprint density at radius 2 is 2.03 bits per heavy atom. The molecule has 1 aliphatic rings. The number of carbonyl (C=O) groups is 1. The molecule has 2 aromatic carbocycles. The first-order valence-electron chi connectivity index (χ1n) is 10.1. The summed E-state index contributed by atoms with van der Waals surface area (Å²) in [5.74, 6) is -0.0578. The van der Waals surface area contributed by atoms with Gasteiger partial charge in [0, 0.05) is 49.1 Å². The van der Waals surface area contributed by atoms with E-state index in [-0.39, 0.29) is 17.6 Å². The third-order valence-corrected chi connectivity index (χ3v) is 6.23. The van der Waals surface area contributed by atoms with Gasteiger partial charge < -0.3 is 15.2 Å². The molecule has 30 heavy (non-hydrogen) atoms. The highest BCUT2D eigenvalue weighted by molar-refractivity contribution is 6.31. The van der Waals surface area contributed by atoms with Crippen LogP contribution < -0.4 is 15.9 Å². The number of fused-ring (bicyclic) bond motifs is 1. The summed E-state index contributed by atoms with van der Waals surface area (Å²) < 4.78 is 1.53. The van der Waals surface area contributed by atoms with E-state index in [2.05, 4.69) is 39.2 Å². The zero-order chi connectivity index (χ0) is 21.4. The van der Waals surface area contributed by atoms with Crippen molar-refractivity contribution in [3.8, 4) is 0 Å². The van der Waals surface area contributed by atoms with Crippen molar-refractivity contribution in [3.05, 3.63) is 57.5 Å². The van der Waals surface area contributed by atoms with Crippen molar-refractivity contribution in [1.82, 2.24) is 14.5 Å².